The number of ether oxygens (including phenoxy) is 1. The third kappa shape index (κ3) is 4.34. The molecule has 3 fully saturated rings. The molecule has 0 spiro atoms. The first kappa shape index (κ1) is 22.6. The van der Waals surface area contributed by atoms with E-state index in [9.17, 15) is 14.7 Å². The Bertz CT molecular complexity index is 1130. The SMILES string of the molecule is O=C(C[N+]12CCC(CC1)[C@@H](OC(=O)C(O)(c1ccccc1)c1ccsc1)C2)Nc1ccncn1. The molecule has 2 atom stereocenters. The number of anilines is 1. The number of thiophene rings is 1. The van der Waals surface area contributed by atoms with E-state index < -0.39 is 11.6 Å². The van der Waals surface area contributed by atoms with Gasteiger partial charge in [-0.15, -0.1) is 0 Å². The Morgan fingerprint density at radius 3 is 2.62 bits per heavy atom. The molecule has 3 aliphatic heterocycles. The van der Waals surface area contributed by atoms with Gasteiger partial charge in [-0.2, -0.15) is 11.3 Å². The fourth-order valence-corrected chi connectivity index (χ4v) is 5.90. The first-order chi connectivity index (χ1) is 16.5. The van der Waals surface area contributed by atoms with Crippen LogP contribution < -0.4 is 5.32 Å². The van der Waals surface area contributed by atoms with Crippen molar-refractivity contribution in [3.63, 3.8) is 0 Å². The molecule has 176 valence electrons. The van der Waals surface area contributed by atoms with Crippen molar-refractivity contribution in [3.8, 4) is 0 Å². The van der Waals surface area contributed by atoms with Crippen LogP contribution in [-0.2, 0) is 19.9 Å². The van der Waals surface area contributed by atoms with Crippen LogP contribution in [0.5, 0.6) is 0 Å². The molecule has 1 unspecified atom stereocenters. The molecule has 9 heteroatoms. The monoisotopic (exact) mass is 479 g/mol. The Balaban J connectivity index is 1.32. The van der Waals surface area contributed by atoms with E-state index >= 15 is 0 Å². The van der Waals surface area contributed by atoms with Crippen LogP contribution in [-0.4, -0.2) is 63.7 Å². The minimum Gasteiger partial charge on any atom is -0.453 e. The minimum atomic E-state index is -1.87. The molecule has 3 aliphatic rings. The number of rotatable bonds is 7. The van der Waals surface area contributed by atoms with Crippen LogP contribution in [0.2, 0.25) is 0 Å². The number of benzene rings is 1. The number of amides is 1. The highest BCUT2D eigenvalue weighted by Gasteiger charge is 2.51. The topological polar surface area (TPSA) is 101 Å². The van der Waals surface area contributed by atoms with Gasteiger partial charge in [0.25, 0.3) is 5.91 Å². The summed E-state index contributed by atoms with van der Waals surface area (Å²) in [6, 6.07) is 12.3. The van der Waals surface area contributed by atoms with Gasteiger partial charge in [0.05, 0.1) is 13.1 Å². The van der Waals surface area contributed by atoms with Crippen molar-refractivity contribution in [3.05, 3.63) is 76.9 Å². The molecule has 0 radical (unpaired) electrons. The number of hydrogen-bond acceptors (Lipinski definition) is 7. The van der Waals surface area contributed by atoms with Gasteiger partial charge in [0.2, 0.25) is 5.60 Å². The first-order valence-corrected chi connectivity index (χ1v) is 12.4. The molecular formula is C25H27N4O4S+. The molecule has 2 aromatic heterocycles. The summed E-state index contributed by atoms with van der Waals surface area (Å²) in [5, 5.41) is 18.1. The van der Waals surface area contributed by atoms with Gasteiger partial charge in [-0.1, -0.05) is 30.3 Å². The quantitative estimate of drug-likeness (QED) is 0.399. The number of aromatic nitrogens is 2. The van der Waals surface area contributed by atoms with Crippen molar-refractivity contribution in [1.82, 2.24) is 9.97 Å². The number of hydrogen-bond donors (Lipinski definition) is 2. The number of fused-ring (bicyclic) bond motifs is 3. The Morgan fingerprint density at radius 2 is 1.94 bits per heavy atom. The highest BCUT2D eigenvalue weighted by molar-refractivity contribution is 7.08. The lowest BCUT2D eigenvalue weighted by Crippen LogP contribution is -2.66. The number of quaternary nitrogens is 1. The molecule has 6 rings (SSSR count). The van der Waals surface area contributed by atoms with E-state index in [0.29, 0.717) is 28.0 Å². The third-order valence-corrected chi connectivity index (χ3v) is 7.74. The van der Waals surface area contributed by atoms with E-state index in [1.54, 1.807) is 48.0 Å². The van der Waals surface area contributed by atoms with Crippen LogP contribution >= 0.6 is 11.3 Å². The van der Waals surface area contributed by atoms with Crippen molar-refractivity contribution in [2.45, 2.75) is 24.5 Å². The van der Waals surface area contributed by atoms with Crippen molar-refractivity contribution in [2.75, 3.05) is 31.5 Å². The molecular weight excluding hydrogens is 452 g/mol. The zero-order valence-electron chi connectivity index (χ0n) is 18.7. The van der Waals surface area contributed by atoms with Gasteiger partial charge >= 0.3 is 5.97 Å². The predicted molar refractivity (Wildman–Crippen MR) is 127 cm³/mol. The predicted octanol–water partition coefficient (Wildman–Crippen LogP) is 2.56. The van der Waals surface area contributed by atoms with Crippen LogP contribution in [0.3, 0.4) is 0 Å². The van der Waals surface area contributed by atoms with E-state index in [1.807, 2.05) is 11.4 Å². The zero-order chi connectivity index (χ0) is 23.6. The Hall–Kier alpha value is -3.14. The van der Waals surface area contributed by atoms with Crippen LogP contribution in [0.25, 0.3) is 0 Å². The van der Waals surface area contributed by atoms with Gasteiger partial charge < -0.3 is 19.6 Å². The normalized spacial score (nSPS) is 25.3. The summed E-state index contributed by atoms with van der Waals surface area (Å²) in [6.45, 7) is 2.58. The van der Waals surface area contributed by atoms with Gasteiger partial charge in [0, 0.05) is 30.5 Å². The van der Waals surface area contributed by atoms with Gasteiger partial charge in [0.15, 0.2) is 12.6 Å². The van der Waals surface area contributed by atoms with Gasteiger partial charge in [-0.25, -0.2) is 14.8 Å². The average Bonchev–Trinajstić information content (AvgIpc) is 3.40. The zero-order valence-corrected chi connectivity index (χ0v) is 19.5. The Labute approximate surface area is 201 Å². The average molecular weight is 480 g/mol. The van der Waals surface area contributed by atoms with Gasteiger partial charge in [0.1, 0.15) is 18.7 Å². The molecule has 1 aromatic carbocycles. The maximum Gasteiger partial charge on any atom is 0.348 e. The molecule has 2 bridgehead atoms. The third-order valence-electron chi connectivity index (χ3n) is 7.05. The second kappa shape index (κ2) is 9.25. The number of nitrogens with zero attached hydrogens (tertiary/aromatic N) is 3. The highest BCUT2D eigenvalue weighted by Crippen LogP contribution is 2.38. The van der Waals surface area contributed by atoms with E-state index in [0.717, 1.165) is 25.9 Å². The molecule has 3 saturated heterocycles. The number of aliphatic hydroxyl groups is 1. The Kier molecular flexibility index (Phi) is 6.16. The van der Waals surface area contributed by atoms with Crippen molar-refractivity contribution in [1.29, 1.82) is 0 Å². The minimum absolute atomic E-state index is 0.122. The maximum atomic E-state index is 13.5. The fraction of sp³-hybridized carbons (Fsp3) is 0.360. The van der Waals surface area contributed by atoms with Crippen LogP contribution in [0.4, 0.5) is 5.82 Å². The van der Waals surface area contributed by atoms with E-state index in [4.69, 9.17) is 4.74 Å². The number of nitrogens with one attached hydrogen (secondary N) is 1. The molecule has 8 nitrogen and oxygen atoms in total. The van der Waals surface area contributed by atoms with E-state index in [-0.39, 0.29) is 24.5 Å². The second-order valence-corrected chi connectivity index (χ2v) is 9.92. The number of esters is 1. The number of carbonyl (C=O) groups is 2. The smallest absolute Gasteiger partial charge is 0.348 e. The summed E-state index contributed by atoms with van der Waals surface area (Å²) in [5.74, 6) is -0.0873. The summed E-state index contributed by atoms with van der Waals surface area (Å²) in [4.78, 5) is 34.2. The number of piperidine rings is 3. The molecule has 2 N–H and O–H groups in total. The summed E-state index contributed by atoms with van der Waals surface area (Å²) in [5.41, 5.74) is -0.890. The molecule has 0 saturated carbocycles. The van der Waals surface area contributed by atoms with Crippen molar-refractivity contribution < 1.29 is 23.9 Å². The summed E-state index contributed by atoms with van der Waals surface area (Å²) < 4.78 is 6.60. The standard InChI is InChI=1S/C25H26N4O4S/c30-23(28-22-6-10-26-17-27-22)15-29-11-7-18(8-12-29)21(14-29)33-24(31)25(32,20-9-13-34-16-20)19-4-2-1-3-5-19/h1-6,9-10,13,16-18,21,32H,7-8,11-12,14-15H2/p+1/t18?,21-,25?,29?/m0/s1. The molecule has 0 aliphatic carbocycles. The van der Waals surface area contributed by atoms with Crippen molar-refractivity contribution >= 4 is 29.0 Å². The first-order valence-electron chi connectivity index (χ1n) is 11.4. The molecule has 5 heterocycles. The molecule has 34 heavy (non-hydrogen) atoms. The molecule has 3 aromatic rings. The second-order valence-electron chi connectivity index (χ2n) is 9.14. The van der Waals surface area contributed by atoms with Gasteiger partial charge in [-0.05, 0) is 28.5 Å². The van der Waals surface area contributed by atoms with E-state index in [1.165, 1.54) is 17.7 Å². The van der Waals surface area contributed by atoms with Crippen LogP contribution in [0.15, 0.2) is 65.7 Å². The van der Waals surface area contributed by atoms with Gasteiger partial charge in [-0.3, -0.25) is 4.79 Å². The lowest BCUT2D eigenvalue weighted by atomic mass is 9.82. The van der Waals surface area contributed by atoms with Crippen molar-refractivity contribution in [2.24, 2.45) is 5.92 Å². The number of carbonyl (C=O) groups excluding carboxylic acids is 2. The largest absolute Gasteiger partial charge is 0.453 e. The van der Waals surface area contributed by atoms with Crippen LogP contribution in [0.1, 0.15) is 24.0 Å². The summed E-state index contributed by atoms with van der Waals surface area (Å²) >= 11 is 1.42. The lowest BCUT2D eigenvalue weighted by Gasteiger charge is -2.51. The fourth-order valence-electron chi connectivity index (χ4n) is 5.20. The van der Waals surface area contributed by atoms with E-state index in [2.05, 4.69) is 15.3 Å². The lowest BCUT2D eigenvalue weighted by molar-refractivity contribution is -0.939. The van der Waals surface area contributed by atoms with Crippen LogP contribution in [0, 0.1) is 5.92 Å². The molecule has 1 amide bonds. The maximum absolute atomic E-state index is 13.5. The Morgan fingerprint density at radius 1 is 1.15 bits per heavy atom. The summed E-state index contributed by atoms with van der Waals surface area (Å²) in [6.07, 6.45) is 4.38. The summed E-state index contributed by atoms with van der Waals surface area (Å²) in [7, 11) is 0. The highest BCUT2D eigenvalue weighted by atomic mass is 32.1.